The number of hydrogen-bond donors (Lipinski definition) is 1. The van der Waals surface area contributed by atoms with E-state index in [-0.39, 0.29) is 11.8 Å². The van der Waals surface area contributed by atoms with Crippen molar-refractivity contribution in [2.75, 3.05) is 0 Å². The zero-order valence-corrected chi connectivity index (χ0v) is 16.9. The van der Waals surface area contributed by atoms with Gasteiger partial charge in [0, 0.05) is 9.75 Å². The number of rotatable bonds is 7. The van der Waals surface area contributed by atoms with E-state index in [4.69, 9.17) is 5.11 Å². The van der Waals surface area contributed by atoms with Crippen LogP contribution in [0, 0.1) is 29.7 Å². The Morgan fingerprint density at radius 2 is 1.88 bits per heavy atom. The van der Waals surface area contributed by atoms with Crippen molar-refractivity contribution < 1.29 is 9.90 Å². The minimum atomic E-state index is -0.700. The van der Waals surface area contributed by atoms with Crippen LogP contribution in [-0.2, 0) is 17.6 Å². The highest BCUT2D eigenvalue weighted by atomic mass is 32.1. The number of aliphatic carboxylic acids is 1. The molecule has 0 unspecified atom stereocenters. The first kappa shape index (κ1) is 19.7. The van der Waals surface area contributed by atoms with Gasteiger partial charge in [-0.25, -0.2) is 0 Å². The molecular weight excluding hydrogens is 328 g/mol. The summed E-state index contributed by atoms with van der Waals surface area (Å²) in [6.07, 6.45) is 4.52. The van der Waals surface area contributed by atoms with Gasteiger partial charge in [0.15, 0.2) is 0 Å². The molecule has 136 valence electrons. The van der Waals surface area contributed by atoms with Gasteiger partial charge in [-0.15, -0.1) is 11.3 Å². The summed E-state index contributed by atoms with van der Waals surface area (Å²) >= 11 is 1.87. The van der Waals surface area contributed by atoms with Crippen LogP contribution in [0.5, 0.6) is 0 Å². The predicted molar refractivity (Wildman–Crippen MR) is 106 cm³/mol. The van der Waals surface area contributed by atoms with Crippen molar-refractivity contribution in [1.29, 1.82) is 0 Å². The smallest absolute Gasteiger partial charge is 0.303 e. The molecular formula is C22H30O2S. The molecule has 1 N–H and O–H groups in total. The van der Waals surface area contributed by atoms with Crippen molar-refractivity contribution in [3.63, 3.8) is 0 Å². The molecule has 0 radical (unpaired) electrons. The van der Waals surface area contributed by atoms with Crippen LogP contribution in [0.2, 0.25) is 0 Å². The Bertz CT molecular complexity index is 830. The number of carbonyl (C=O) groups is 1. The fraction of sp³-hybridized carbons (Fsp3) is 0.500. The van der Waals surface area contributed by atoms with E-state index in [0.717, 1.165) is 19.3 Å². The van der Waals surface area contributed by atoms with Gasteiger partial charge < -0.3 is 5.11 Å². The van der Waals surface area contributed by atoms with Gasteiger partial charge in [0.1, 0.15) is 0 Å². The molecule has 0 atom stereocenters. The van der Waals surface area contributed by atoms with Gasteiger partial charge in [0.25, 0.3) is 0 Å². The van der Waals surface area contributed by atoms with E-state index in [1.54, 1.807) is 0 Å². The van der Waals surface area contributed by atoms with E-state index < -0.39 is 5.97 Å². The molecule has 0 aromatic carbocycles. The quantitative estimate of drug-likeness (QED) is 0.559. The first-order chi connectivity index (χ1) is 11.7. The van der Waals surface area contributed by atoms with Crippen molar-refractivity contribution in [1.82, 2.24) is 0 Å². The minimum Gasteiger partial charge on any atom is -0.481 e. The summed E-state index contributed by atoms with van der Waals surface area (Å²) < 4.78 is 0. The Morgan fingerprint density at radius 1 is 1.16 bits per heavy atom. The molecule has 3 heteroatoms. The maximum absolute atomic E-state index is 10.8. The molecule has 3 rings (SSSR count). The van der Waals surface area contributed by atoms with Gasteiger partial charge in [-0.3, -0.25) is 4.79 Å². The van der Waals surface area contributed by atoms with E-state index in [9.17, 15) is 4.79 Å². The van der Waals surface area contributed by atoms with E-state index in [2.05, 4.69) is 45.0 Å². The minimum absolute atomic E-state index is 0.116. The van der Waals surface area contributed by atoms with Crippen molar-refractivity contribution in [2.24, 2.45) is 5.41 Å². The Labute approximate surface area is 155 Å². The lowest BCUT2D eigenvalue weighted by atomic mass is 9.84. The zero-order valence-electron chi connectivity index (χ0n) is 16.1. The molecule has 0 amide bonds. The normalized spacial score (nSPS) is 11.7. The van der Waals surface area contributed by atoms with Crippen LogP contribution < -0.4 is 0 Å². The van der Waals surface area contributed by atoms with Gasteiger partial charge >= 0.3 is 5.97 Å². The molecule has 0 saturated carbocycles. The lowest BCUT2D eigenvalue weighted by molar-refractivity contribution is -0.139. The van der Waals surface area contributed by atoms with Gasteiger partial charge in [-0.05, 0) is 66.2 Å². The topological polar surface area (TPSA) is 37.3 Å². The van der Waals surface area contributed by atoms with Crippen LogP contribution in [0.3, 0.4) is 0 Å². The van der Waals surface area contributed by atoms with Crippen molar-refractivity contribution in [3.8, 4) is 0 Å². The Kier molecular flexibility index (Phi) is 6.45. The third kappa shape index (κ3) is 5.43. The Balaban J connectivity index is 0.000000261. The van der Waals surface area contributed by atoms with E-state index in [1.165, 1.54) is 37.7 Å². The van der Waals surface area contributed by atoms with E-state index in [0.29, 0.717) is 0 Å². The van der Waals surface area contributed by atoms with Crippen LogP contribution >= 0.6 is 11.3 Å². The van der Waals surface area contributed by atoms with Gasteiger partial charge in [0.2, 0.25) is 0 Å². The van der Waals surface area contributed by atoms with Crippen molar-refractivity contribution >= 4 is 17.3 Å². The summed E-state index contributed by atoms with van der Waals surface area (Å²) in [5.74, 6) is -0.700. The second kappa shape index (κ2) is 8.18. The number of aryl methyl sites for hydroxylation is 4. The monoisotopic (exact) mass is 358 g/mol. The summed E-state index contributed by atoms with van der Waals surface area (Å²) in [5, 5.41) is 11.8. The first-order valence-electron chi connectivity index (χ1n) is 9.13. The predicted octanol–water partition coefficient (Wildman–Crippen LogP) is 6.04. The second-order valence-electron chi connectivity index (χ2n) is 7.81. The summed E-state index contributed by atoms with van der Waals surface area (Å²) in [4.78, 5) is 13.6. The molecule has 2 nitrogen and oxygen atoms in total. The lowest BCUT2D eigenvalue weighted by Crippen LogP contribution is -2.17. The molecule has 0 aliphatic heterocycles. The van der Waals surface area contributed by atoms with Crippen molar-refractivity contribution in [2.45, 2.75) is 66.7 Å². The van der Waals surface area contributed by atoms with E-state index >= 15 is 0 Å². The van der Waals surface area contributed by atoms with Crippen molar-refractivity contribution in [3.05, 3.63) is 55.6 Å². The fourth-order valence-electron chi connectivity index (χ4n) is 3.17. The number of carboxylic acids is 1. The van der Waals surface area contributed by atoms with Gasteiger partial charge in [-0.1, -0.05) is 45.4 Å². The fourth-order valence-corrected chi connectivity index (χ4v) is 4.26. The number of hydrogen-bond acceptors (Lipinski definition) is 2. The average Bonchev–Trinajstić information content (AvgIpc) is 2.83. The first-order valence-corrected chi connectivity index (χ1v) is 9.94. The highest BCUT2D eigenvalue weighted by molar-refractivity contribution is 7.12. The molecule has 1 aromatic rings. The average molecular weight is 359 g/mol. The number of carboxylic acid groups (broad SMARTS) is 1. The molecule has 1 heterocycles. The molecule has 2 aliphatic rings. The van der Waals surface area contributed by atoms with Crippen LogP contribution in [-0.4, -0.2) is 11.1 Å². The Morgan fingerprint density at radius 3 is 2.28 bits per heavy atom. The largest absolute Gasteiger partial charge is 0.481 e. The molecule has 0 fully saturated rings. The molecule has 0 bridgehead atoms. The third-order valence-corrected chi connectivity index (χ3v) is 5.96. The summed E-state index contributed by atoms with van der Waals surface area (Å²) in [6, 6.07) is 8.81. The summed E-state index contributed by atoms with van der Waals surface area (Å²) in [6.45, 7) is 10.6. The highest BCUT2D eigenvalue weighted by Gasteiger charge is 2.21. The Hall–Kier alpha value is -1.61. The summed E-state index contributed by atoms with van der Waals surface area (Å²) in [7, 11) is 0. The number of thiophene rings is 1. The van der Waals surface area contributed by atoms with Gasteiger partial charge in [0.05, 0.1) is 6.42 Å². The maximum atomic E-state index is 10.8. The van der Waals surface area contributed by atoms with Crippen LogP contribution in [0.15, 0.2) is 24.3 Å². The lowest BCUT2D eigenvalue weighted by Gasteiger charge is -2.21. The third-order valence-electron chi connectivity index (χ3n) is 4.81. The zero-order chi connectivity index (χ0) is 18.6. The number of benzene rings is 1. The van der Waals surface area contributed by atoms with Crippen LogP contribution in [0.1, 0.15) is 60.9 Å². The molecule has 25 heavy (non-hydrogen) atoms. The van der Waals surface area contributed by atoms with Crippen LogP contribution in [0.25, 0.3) is 0 Å². The SMILES string of the molecule is CCCc1cc(CCC(C)(C)CC(=O)O)sc1C.Cc1cc2ccc1=2. The van der Waals surface area contributed by atoms with Gasteiger partial charge in [-0.2, -0.15) is 0 Å². The second-order valence-corrected chi connectivity index (χ2v) is 9.15. The molecule has 0 spiro atoms. The molecule has 2 aliphatic carbocycles. The maximum Gasteiger partial charge on any atom is 0.303 e. The van der Waals surface area contributed by atoms with E-state index in [1.807, 2.05) is 25.2 Å². The molecule has 0 saturated heterocycles. The standard InChI is InChI=1S/C15H24O2S.C7H6/c1-5-6-12-9-13(18-11(12)2)7-8-15(3,4)10-14(16)17;1-5-4-6-2-3-7(5)6/h9H,5-8,10H2,1-4H3,(H,16,17);2-4H,1H3. The summed E-state index contributed by atoms with van der Waals surface area (Å²) in [5.41, 5.74) is 2.79. The molecule has 1 aromatic heterocycles. The highest BCUT2D eigenvalue weighted by Crippen LogP contribution is 2.30. The van der Waals surface area contributed by atoms with Crippen LogP contribution in [0.4, 0.5) is 0 Å².